The molecule has 4 aliphatic heterocycles. The summed E-state index contributed by atoms with van der Waals surface area (Å²) in [6.07, 6.45) is 8.41. The molecule has 8 rings (SSSR count). The Hall–Kier alpha value is -5.73. The molecule has 4 saturated heterocycles. The molecule has 0 saturated carbocycles. The van der Waals surface area contributed by atoms with E-state index < -0.39 is 24.3 Å². The maximum absolute atomic E-state index is 13.4. The topological polar surface area (TPSA) is 166 Å². The van der Waals surface area contributed by atoms with Crippen LogP contribution >= 0.6 is 0 Å². The number of nitrogens with one attached hydrogen (secondary N) is 2. The first-order valence-corrected chi connectivity index (χ1v) is 18.2. The van der Waals surface area contributed by atoms with E-state index in [1.807, 2.05) is 28.4 Å². The second-order valence-electron chi connectivity index (χ2n) is 14.2. The number of aromatic nitrogens is 4. The van der Waals surface area contributed by atoms with E-state index in [1.165, 1.54) is 24.0 Å². The predicted molar refractivity (Wildman–Crippen MR) is 194 cm³/mol. The molecule has 53 heavy (non-hydrogen) atoms. The minimum atomic E-state index is -0.474. The molecule has 15 nitrogen and oxygen atoms in total. The average Bonchev–Trinajstić information content (AvgIpc) is 3.94. The number of carbonyl (C=O) groups excluding carboxylic acids is 4. The number of rotatable bonds is 8. The van der Waals surface area contributed by atoms with E-state index >= 15 is 0 Å². The highest BCUT2D eigenvalue weighted by molar-refractivity contribution is 5.91. The van der Waals surface area contributed by atoms with E-state index in [0.717, 1.165) is 58.2 Å². The molecule has 2 aromatic heterocycles. The largest absolute Gasteiger partial charge is 0.453 e. The molecule has 4 amide bonds. The number of nitrogens with zero attached hydrogens (tertiary/aromatic N) is 7. The average molecular weight is 722 g/mol. The molecule has 0 bridgehead atoms. The van der Waals surface area contributed by atoms with Crippen molar-refractivity contribution in [2.24, 2.45) is 5.92 Å². The second kappa shape index (κ2) is 14.4. The van der Waals surface area contributed by atoms with E-state index in [4.69, 9.17) is 9.47 Å². The van der Waals surface area contributed by atoms with Gasteiger partial charge in [-0.25, -0.2) is 24.5 Å². The Bertz CT molecular complexity index is 2040. The summed E-state index contributed by atoms with van der Waals surface area (Å²) in [5.74, 6) is 1.50. The van der Waals surface area contributed by atoms with Gasteiger partial charge in [-0.1, -0.05) is 24.3 Å². The lowest BCUT2D eigenvalue weighted by atomic mass is 10.0. The molecule has 2 N–H and O–H groups in total. The fourth-order valence-electron chi connectivity index (χ4n) is 7.93. The molecule has 0 aliphatic carbocycles. The van der Waals surface area contributed by atoms with E-state index in [2.05, 4.69) is 61.7 Å². The quantitative estimate of drug-likeness (QED) is 0.268. The van der Waals surface area contributed by atoms with Crippen molar-refractivity contribution in [1.82, 2.24) is 39.5 Å². The van der Waals surface area contributed by atoms with E-state index in [9.17, 15) is 19.2 Å². The van der Waals surface area contributed by atoms with Gasteiger partial charge in [-0.05, 0) is 66.5 Å². The highest BCUT2D eigenvalue weighted by atomic mass is 16.5. The van der Waals surface area contributed by atoms with Crippen LogP contribution in [0.25, 0.3) is 33.2 Å². The second-order valence-corrected chi connectivity index (χ2v) is 14.2. The maximum Gasteiger partial charge on any atom is 0.410 e. The van der Waals surface area contributed by atoms with Gasteiger partial charge in [-0.3, -0.25) is 19.4 Å². The number of hydrogen-bond donors (Lipinski definition) is 2. The Morgan fingerprint density at radius 3 is 2.06 bits per heavy atom. The van der Waals surface area contributed by atoms with E-state index in [1.54, 1.807) is 0 Å². The molecule has 2 unspecified atom stereocenters. The van der Waals surface area contributed by atoms with Crippen LogP contribution in [-0.2, 0) is 19.1 Å². The van der Waals surface area contributed by atoms with Crippen LogP contribution in [0.2, 0.25) is 0 Å². The van der Waals surface area contributed by atoms with E-state index in [-0.39, 0.29) is 23.8 Å². The van der Waals surface area contributed by atoms with E-state index in [0.29, 0.717) is 58.1 Å². The Morgan fingerprint density at radius 2 is 1.40 bits per heavy atom. The number of imidazole rings is 1. The lowest BCUT2D eigenvalue weighted by molar-refractivity contribution is -0.141. The van der Waals surface area contributed by atoms with Crippen LogP contribution in [0, 0.1) is 5.92 Å². The van der Waals surface area contributed by atoms with Crippen LogP contribution in [0.15, 0.2) is 55.0 Å². The van der Waals surface area contributed by atoms with Crippen molar-refractivity contribution >= 4 is 40.7 Å². The number of fused-ring (bicyclic) bond motifs is 1. The van der Waals surface area contributed by atoms with Crippen molar-refractivity contribution in [3.05, 3.63) is 60.8 Å². The van der Waals surface area contributed by atoms with Gasteiger partial charge < -0.3 is 29.6 Å². The molecule has 0 spiro atoms. The van der Waals surface area contributed by atoms with Gasteiger partial charge in [-0.2, -0.15) is 0 Å². The molecule has 0 radical (unpaired) electrons. The number of amides is 4. The van der Waals surface area contributed by atoms with Crippen LogP contribution in [0.4, 0.5) is 15.5 Å². The van der Waals surface area contributed by atoms with Gasteiger partial charge in [0.2, 0.25) is 17.8 Å². The number of benzene rings is 2. The van der Waals surface area contributed by atoms with Crippen LogP contribution in [0.5, 0.6) is 0 Å². The van der Waals surface area contributed by atoms with Gasteiger partial charge in [0.1, 0.15) is 17.9 Å². The monoisotopic (exact) mass is 721 g/mol. The van der Waals surface area contributed by atoms with Gasteiger partial charge >= 0.3 is 12.2 Å². The number of likely N-dealkylation sites (tertiary alicyclic amines) is 4. The zero-order valence-electron chi connectivity index (χ0n) is 29.9. The van der Waals surface area contributed by atoms with Crippen LogP contribution in [0.3, 0.4) is 0 Å². The molecule has 4 atom stereocenters. The van der Waals surface area contributed by atoms with Crippen molar-refractivity contribution in [2.45, 2.75) is 50.2 Å². The molecule has 15 heteroatoms. The van der Waals surface area contributed by atoms with Crippen molar-refractivity contribution in [1.29, 1.82) is 0 Å². The molecule has 4 aliphatic rings. The first kappa shape index (κ1) is 34.4. The number of aromatic amines is 1. The summed E-state index contributed by atoms with van der Waals surface area (Å²) in [4.78, 5) is 74.2. The Balaban J connectivity index is 0.868. The SMILES string of the molecule is COC(=O)N1CCC1C(=O)N1CC[C@H](CNc2ncc(-c3ccc4cc(-c5cnc([C@@H]6CCCN6C(=O)C6CCN6C(=O)OC)[nH]5)ccc4c3)cn2)C1. The number of hydrogen-bond acceptors (Lipinski definition) is 10. The van der Waals surface area contributed by atoms with Gasteiger partial charge in [0.25, 0.3) is 0 Å². The molecular formula is C38H43N9O6. The smallest absolute Gasteiger partial charge is 0.410 e. The Kier molecular flexibility index (Phi) is 9.31. The third-order valence-electron chi connectivity index (χ3n) is 11.2. The first-order chi connectivity index (χ1) is 25.8. The third-order valence-corrected chi connectivity index (χ3v) is 11.2. The predicted octanol–water partition coefficient (Wildman–Crippen LogP) is 4.29. The molecule has 276 valence electrons. The van der Waals surface area contributed by atoms with Crippen molar-refractivity contribution in [2.75, 3.05) is 58.8 Å². The summed E-state index contributed by atoms with van der Waals surface area (Å²) in [5, 5.41) is 5.48. The van der Waals surface area contributed by atoms with Crippen molar-refractivity contribution in [3.63, 3.8) is 0 Å². The standard InChI is InChI=1S/C38H43N9O6/c1-52-37(50)46-14-10-31(46)34(48)44-13-9-23(22-44)18-40-36-41-19-28(20-42-36)26-6-5-25-17-27(8-7-24(25)16-26)29-21-39-33(43-29)30-4-3-12-45(30)35(49)32-11-15-47(32)38(51)53-2/h5-8,16-17,19-21,23,30-32H,3-4,9-15,18,22H2,1-2H3,(H,39,43)(H,40,41,42)/t23-,30+,31?,32?/m1/s1. The molecule has 4 fully saturated rings. The highest BCUT2D eigenvalue weighted by Gasteiger charge is 2.44. The lowest BCUT2D eigenvalue weighted by Gasteiger charge is -2.41. The summed E-state index contributed by atoms with van der Waals surface area (Å²) >= 11 is 0. The lowest BCUT2D eigenvalue weighted by Crippen LogP contribution is -2.58. The Morgan fingerprint density at radius 1 is 0.736 bits per heavy atom. The minimum Gasteiger partial charge on any atom is -0.453 e. The summed E-state index contributed by atoms with van der Waals surface area (Å²) in [6, 6.07) is 11.5. The number of carbonyl (C=O) groups is 4. The zero-order valence-corrected chi connectivity index (χ0v) is 29.9. The number of methoxy groups -OCH3 is 2. The summed E-state index contributed by atoms with van der Waals surface area (Å²) in [5.41, 5.74) is 3.78. The molecule has 6 heterocycles. The van der Waals surface area contributed by atoms with Gasteiger partial charge in [0.15, 0.2) is 0 Å². The van der Waals surface area contributed by atoms with Gasteiger partial charge in [0, 0.05) is 62.8 Å². The van der Waals surface area contributed by atoms with Gasteiger partial charge in [-0.15, -0.1) is 0 Å². The maximum atomic E-state index is 13.4. The third kappa shape index (κ3) is 6.59. The summed E-state index contributed by atoms with van der Waals surface area (Å²) < 4.78 is 9.64. The molecule has 4 aromatic rings. The van der Waals surface area contributed by atoms with Crippen molar-refractivity contribution in [3.8, 4) is 22.4 Å². The van der Waals surface area contributed by atoms with Crippen LogP contribution in [0.1, 0.15) is 44.0 Å². The normalized spacial score (nSPS) is 22.4. The fraction of sp³-hybridized carbons (Fsp3) is 0.447. The number of H-pyrrole nitrogens is 1. The van der Waals surface area contributed by atoms with Crippen molar-refractivity contribution < 1.29 is 28.7 Å². The fourth-order valence-corrected chi connectivity index (χ4v) is 7.93. The van der Waals surface area contributed by atoms with Crippen LogP contribution < -0.4 is 5.32 Å². The molecule has 2 aromatic carbocycles. The van der Waals surface area contributed by atoms with Crippen LogP contribution in [-0.4, -0.2) is 129 Å². The first-order valence-electron chi connectivity index (χ1n) is 18.2. The zero-order chi connectivity index (χ0) is 36.6. The minimum absolute atomic E-state index is 0.00674. The van der Waals surface area contributed by atoms with Gasteiger partial charge in [0.05, 0.1) is 32.2 Å². The number of anilines is 1. The summed E-state index contributed by atoms with van der Waals surface area (Å²) in [6.45, 7) is 3.67. The number of ether oxygens (including phenoxy) is 2. The highest BCUT2D eigenvalue weighted by Crippen LogP contribution is 2.35. The molecular weight excluding hydrogens is 678 g/mol. The summed E-state index contributed by atoms with van der Waals surface area (Å²) in [7, 11) is 2.67. The Labute approximate surface area is 306 Å².